The number of hydrogen-bond acceptors (Lipinski definition) is 2. The minimum absolute atomic E-state index is 0.328. The first-order valence-electron chi connectivity index (χ1n) is 5.72. The van der Waals surface area contributed by atoms with E-state index in [1.54, 1.807) is 0 Å². The van der Waals surface area contributed by atoms with Gasteiger partial charge in [-0.3, -0.25) is 4.21 Å². The minimum atomic E-state index is -0.631. The summed E-state index contributed by atoms with van der Waals surface area (Å²) in [5.41, 5.74) is 0. The Morgan fingerprint density at radius 2 is 1.86 bits per heavy atom. The van der Waals surface area contributed by atoms with Crippen LogP contribution in [0.25, 0.3) is 0 Å². The summed E-state index contributed by atoms with van der Waals surface area (Å²) in [6, 6.07) is 0.491. The summed E-state index contributed by atoms with van der Waals surface area (Å²) >= 11 is 0. The maximum absolute atomic E-state index is 11.6. The summed E-state index contributed by atoms with van der Waals surface area (Å²) in [5, 5.41) is 3.75. The summed E-state index contributed by atoms with van der Waals surface area (Å²) < 4.78 is 11.6. The zero-order valence-corrected chi connectivity index (χ0v) is 10.8. The highest BCUT2D eigenvalue weighted by atomic mass is 32.2. The third-order valence-electron chi connectivity index (χ3n) is 2.28. The highest BCUT2D eigenvalue weighted by molar-refractivity contribution is 7.85. The van der Waals surface area contributed by atoms with Gasteiger partial charge in [-0.2, -0.15) is 0 Å². The first-order chi connectivity index (χ1) is 6.61. The molecule has 2 nitrogen and oxygen atoms in total. The van der Waals surface area contributed by atoms with Gasteiger partial charge in [0.15, 0.2) is 0 Å². The van der Waals surface area contributed by atoms with Crippen molar-refractivity contribution in [3.8, 4) is 0 Å². The molecule has 0 aromatic rings. The molecule has 0 aliphatic rings. The van der Waals surface area contributed by atoms with Crippen LogP contribution in [0.3, 0.4) is 0 Å². The van der Waals surface area contributed by atoms with Crippen molar-refractivity contribution in [2.45, 2.75) is 58.2 Å². The van der Waals surface area contributed by atoms with E-state index in [4.69, 9.17) is 0 Å². The second-order valence-electron chi connectivity index (χ2n) is 3.99. The molecule has 0 amide bonds. The Bertz CT molecular complexity index is 161. The number of rotatable bonds is 8. The smallest absolute Gasteiger partial charge is 0.0334 e. The Morgan fingerprint density at radius 3 is 2.36 bits per heavy atom. The van der Waals surface area contributed by atoms with Crippen molar-refractivity contribution >= 4 is 10.8 Å². The van der Waals surface area contributed by atoms with Crippen molar-refractivity contribution in [2.75, 3.05) is 12.3 Å². The Hall–Kier alpha value is 0.110. The van der Waals surface area contributed by atoms with Crippen LogP contribution in [-0.4, -0.2) is 27.8 Å². The molecule has 1 N–H and O–H groups in total. The van der Waals surface area contributed by atoms with Crippen LogP contribution in [0, 0.1) is 0 Å². The molecule has 14 heavy (non-hydrogen) atoms. The van der Waals surface area contributed by atoms with Gasteiger partial charge in [-0.15, -0.1) is 0 Å². The number of nitrogens with one attached hydrogen (secondary N) is 1. The zero-order valence-electron chi connectivity index (χ0n) is 10.0. The van der Waals surface area contributed by atoms with Crippen molar-refractivity contribution in [3.63, 3.8) is 0 Å². The molecule has 86 valence electrons. The molecule has 0 bridgehead atoms. The fourth-order valence-corrected chi connectivity index (χ4v) is 2.79. The molecule has 0 aromatic carbocycles. The second-order valence-corrected chi connectivity index (χ2v) is 5.96. The van der Waals surface area contributed by atoms with Gasteiger partial charge >= 0.3 is 0 Å². The molecule has 0 saturated heterocycles. The first-order valence-corrected chi connectivity index (χ1v) is 7.10. The van der Waals surface area contributed by atoms with E-state index in [1.807, 2.05) is 0 Å². The van der Waals surface area contributed by atoms with Crippen LogP contribution in [0.15, 0.2) is 0 Å². The minimum Gasteiger partial charge on any atom is -0.314 e. The van der Waals surface area contributed by atoms with E-state index in [2.05, 4.69) is 33.0 Å². The van der Waals surface area contributed by atoms with Crippen LogP contribution in [0.1, 0.15) is 47.0 Å². The predicted molar refractivity (Wildman–Crippen MR) is 65.1 cm³/mol. The van der Waals surface area contributed by atoms with Gasteiger partial charge in [0, 0.05) is 27.8 Å². The Kier molecular flexibility index (Phi) is 8.49. The maximum atomic E-state index is 11.6. The van der Waals surface area contributed by atoms with Crippen LogP contribution in [0.4, 0.5) is 0 Å². The van der Waals surface area contributed by atoms with Crippen molar-refractivity contribution < 1.29 is 4.21 Å². The van der Waals surface area contributed by atoms with E-state index in [-0.39, 0.29) is 0 Å². The fraction of sp³-hybridized carbons (Fsp3) is 1.00. The van der Waals surface area contributed by atoms with Crippen molar-refractivity contribution in [3.05, 3.63) is 0 Å². The van der Waals surface area contributed by atoms with Gasteiger partial charge in [0.25, 0.3) is 0 Å². The average molecular weight is 219 g/mol. The molecular formula is C11H25NOS. The van der Waals surface area contributed by atoms with E-state index >= 15 is 0 Å². The molecule has 0 saturated carbocycles. The van der Waals surface area contributed by atoms with E-state index in [0.29, 0.717) is 11.3 Å². The van der Waals surface area contributed by atoms with E-state index in [9.17, 15) is 4.21 Å². The standard InChI is InChI=1S/C11H25NOS/c1-5-7-12-10(3)9-11(4)14(13)8-6-2/h10-12H,5-9H2,1-4H3. The lowest BCUT2D eigenvalue weighted by atomic mass is 10.2. The van der Waals surface area contributed by atoms with Crippen LogP contribution in [-0.2, 0) is 10.8 Å². The average Bonchev–Trinajstić information content (AvgIpc) is 2.15. The topological polar surface area (TPSA) is 29.1 Å². The fourth-order valence-electron chi connectivity index (χ4n) is 1.48. The van der Waals surface area contributed by atoms with E-state index < -0.39 is 10.8 Å². The van der Waals surface area contributed by atoms with Crippen LogP contribution >= 0.6 is 0 Å². The molecule has 0 heterocycles. The highest BCUT2D eigenvalue weighted by Crippen LogP contribution is 2.06. The Morgan fingerprint density at radius 1 is 1.21 bits per heavy atom. The maximum Gasteiger partial charge on any atom is 0.0334 e. The zero-order chi connectivity index (χ0) is 11.0. The van der Waals surface area contributed by atoms with Gasteiger partial charge in [-0.25, -0.2) is 0 Å². The van der Waals surface area contributed by atoms with Crippen molar-refractivity contribution in [2.24, 2.45) is 0 Å². The van der Waals surface area contributed by atoms with E-state index in [1.165, 1.54) is 0 Å². The predicted octanol–water partition coefficient (Wildman–Crippen LogP) is 2.31. The molecule has 0 aromatic heterocycles. The molecule has 0 spiro atoms. The summed E-state index contributed by atoms with van der Waals surface area (Å²) in [6.45, 7) is 9.58. The quantitative estimate of drug-likeness (QED) is 0.679. The second kappa shape index (κ2) is 8.42. The van der Waals surface area contributed by atoms with Crippen LogP contribution in [0.5, 0.6) is 0 Å². The molecular weight excluding hydrogens is 194 g/mol. The van der Waals surface area contributed by atoms with Crippen molar-refractivity contribution in [1.29, 1.82) is 0 Å². The number of hydrogen-bond donors (Lipinski definition) is 1. The van der Waals surface area contributed by atoms with Gasteiger partial charge < -0.3 is 5.32 Å². The van der Waals surface area contributed by atoms with Gasteiger partial charge in [-0.1, -0.05) is 20.8 Å². The molecule has 0 aliphatic carbocycles. The lowest BCUT2D eigenvalue weighted by Gasteiger charge is -2.17. The summed E-state index contributed by atoms with van der Waals surface area (Å²) in [7, 11) is -0.631. The Labute approximate surface area is 91.3 Å². The molecule has 0 fully saturated rings. The summed E-state index contributed by atoms with van der Waals surface area (Å²) in [4.78, 5) is 0. The lowest BCUT2D eigenvalue weighted by molar-refractivity contribution is 0.508. The lowest BCUT2D eigenvalue weighted by Crippen LogP contribution is -2.31. The third-order valence-corrected chi connectivity index (χ3v) is 4.18. The largest absolute Gasteiger partial charge is 0.314 e. The van der Waals surface area contributed by atoms with Gasteiger partial charge in [0.2, 0.25) is 0 Å². The molecule has 3 heteroatoms. The summed E-state index contributed by atoms with van der Waals surface area (Å²) in [6.07, 6.45) is 3.21. The molecule has 0 aliphatic heterocycles. The Balaban J connectivity index is 3.68. The van der Waals surface area contributed by atoms with Crippen molar-refractivity contribution in [1.82, 2.24) is 5.32 Å². The highest BCUT2D eigenvalue weighted by Gasteiger charge is 2.13. The molecule has 0 rings (SSSR count). The third kappa shape index (κ3) is 6.55. The van der Waals surface area contributed by atoms with Crippen LogP contribution in [0.2, 0.25) is 0 Å². The van der Waals surface area contributed by atoms with Gasteiger partial charge in [0.05, 0.1) is 0 Å². The van der Waals surface area contributed by atoms with E-state index in [0.717, 1.165) is 31.6 Å². The molecule has 0 radical (unpaired) electrons. The summed E-state index contributed by atoms with van der Waals surface area (Å²) in [5.74, 6) is 0.849. The van der Waals surface area contributed by atoms with Gasteiger partial charge in [-0.05, 0) is 32.7 Å². The normalized spacial score (nSPS) is 17.7. The molecule has 3 atom stereocenters. The monoisotopic (exact) mass is 219 g/mol. The SMILES string of the molecule is CCCNC(C)CC(C)S(=O)CCC. The first kappa shape index (κ1) is 14.1. The van der Waals surface area contributed by atoms with Gasteiger partial charge in [0.1, 0.15) is 0 Å². The molecule has 3 unspecified atom stereocenters. The van der Waals surface area contributed by atoms with Crippen LogP contribution < -0.4 is 5.32 Å².